The normalized spacial score (nSPS) is 14.7. The average Bonchev–Trinajstić information content (AvgIpc) is 3.03. The van der Waals surface area contributed by atoms with Gasteiger partial charge in [0.2, 0.25) is 11.8 Å². The summed E-state index contributed by atoms with van der Waals surface area (Å²) < 4.78 is 0. The summed E-state index contributed by atoms with van der Waals surface area (Å²) in [6.45, 7) is 4.36. The highest BCUT2D eigenvalue weighted by Gasteiger charge is 2.28. The Bertz CT molecular complexity index is 1820. The van der Waals surface area contributed by atoms with Crippen molar-refractivity contribution in [2.45, 2.75) is 51.6 Å². The molecule has 0 aliphatic carbocycles. The van der Waals surface area contributed by atoms with Crippen LogP contribution >= 0.6 is 0 Å². The molecule has 11 nitrogen and oxygen atoms in total. The first-order valence-corrected chi connectivity index (χ1v) is 15.0. The molecular weight excluding hydrogens is 574 g/mol. The van der Waals surface area contributed by atoms with Crippen LogP contribution in [-0.4, -0.2) is 51.9 Å². The Morgan fingerprint density at radius 3 is 2.62 bits per heavy atom. The van der Waals surface area contributed by atoms with Crippen molar-refractivity contribution in [1.29, 1.82) is 0 Å². The number of carbonyl (C=O) groups excluding carboxylic acids is 2. The molecule has 1 saturated heterocycles. The van der Waals surface area contributed by atoms with E-state index in [9.17, 15) is 29.6 Å². The molecule has 1 aliphatic rings. The predicted octanol–water partition coefficient (Wildman–Crippen LogP) is 5.17. The molecule has 3 aromatic carbocycles. The number of hydrogen-bond donors (Lipinski definition) is 3. The van der Waals surface area contributed by atoms with Crippen molar-refractivity contribution >= 4 is 39.6 Å². The maximum atomic E-state index is 14.3. The Kier molecular flexibility index (Phi) is 9.29. The number of benzene rings is 3. The highest BCUT2D eigenvalue weighted by molar-refractivity contribution is 5.95. The van der Waals surface area contributed by atoms with Crippen LogP contribution in [-0.2, 0) is 16.1 Å². The number of non-ortho nitro benzene ring substituents is 1. The lowest BCUT2D eigenvalue weighted by Crippen LogP contribution is -2.38. The van der Waals surface area contributed by atoms with Crippen molar-refractivity contribution in [2.75, 3.05) is 30.4 Å². The molecule has 234 valence electrons. The maximum Gasteiger partial charge on any atom is 0.269 e. The third-order valence-corrected chi connectivity index (χ3v) is 8.44. The molecule has 1 aromatic heterocycles. The summed E-state index contributed by atoms with van der Waals surface area (Å²) in [5.41, 5.74) is 3.79. The summed E-state index contributed by atoms with van der Waals surface area (Å²) in [7, 11) is 1.62. The minimum atomic E-state index is -0.883. The number of carbonyl (C=O) groups is 2. The van der Waals surface area contributed by atoms with E-state index >= 15 is 0 Å². The molecule has 0 spiro atoms. The van der Waals surface area contributed by atoms with E-state index in [2.05, 4.69) is 10.3 Å². The number of nitrogens with one attached hydrogen (secondary N) is 2. The van der Waals surface area contributed by atoms with Crippen LogP contribution in [0.1, 0.15) is 60.4 Å². The Morgan fingerprint density at radius 1 is 1.11 bits per heavy atom. The Labute approximate surface area is 260 Å². The molecule has 0 radical (unpaired) electrons. The van der Waals surface area contributed by atoms with E-state index < -0.39 is 11.0 Å². The lowest BCUT2D eigenvalue weighted by molar-refractivity contribution is -0.384. The number of nitro groups is 1. The summed E-state index contributed by atoms with van der Waals surface area (Å²) >= 11 is 0. The molecule has 2 amide bonds. The molecule has 2 atom stereocenters. The van der Waals surface area contributed by atoms with Gasteiger partial charge in [0.1, 0.15) is 6.04 Å². The summed E-state index contributed by atoms with van der Waals surface area (Å²) in [6.07, 6.45) is 3.59. The largest absolute Gasteiger partial charge is 0.396 e. The summed E-state index contributed by atoms with van der Waals surface area (Å²) in [5, 5.41) is 25.9. The van der Waals surface area contributed by atoms with Crippen molar-refractivity contribution < 1.29 is 19.6 Å². The zero-order valence-corrected chi connectivity index (χ0v) is 25.6. The van der Waals surface area contributed by atoms with Gasteiger partial charge in [-0.1, -0.05) is 31.2 Å². The van der Waals surface area contributed by atoms with E-state index in [1.54, 1.807) is 48.5 Å². The van der Waals surface area contributed by atoms with Crippen molar-refractivity contribution in [3.63, 3.8) is 0 Å². The van der Waals surface area contributed by atoms with Crippen molar-refractivity contribution in [1.82, 2.24) is 9.88 Å². The number of aryl methyl sites for hydroxylation is 1. The number of aliphatic hydroxyl groups excluding tert-OH is 1. The van der Waals surface area contributed by atoms with Gasteiger partial charge in [-0.15, -0.1) is 0 Å². The third-order valence-electron chi connectivity index (χ3n) is 8.44. The molecule has 1 fully saturated rings. The Morgan fingerprint density at radius 2 is 1.91 bits per heavy atom. The van der Waals surface area contributed by atoms with Gasteiger partial charge < -0.3 is 25.2 Å². The number of aliphatic hydroxyl groups is 1. The van der Waals surface area contributed by atoms with Gasteiger partial charge in [-0.3, -0.25) is 24.5 Å². The minimum absolute atomic E-state index is 0.0137. The van der Waals surface area contributed by atoms with Gasteiger partial charge in [0.05, 0.1) is 4.92 Å². The fourth-order valence-corrected chi connectivity index (χ4v) is 5.95. The highest BCUT2D eigenvalue weighted by atomic mass is 16.6. The molecule has 1 aliphatic heterocycles. The highest BCUT2D eigenvalue weighted by Crippen LogP contribution is 2.32. The van der Waals surface area contributed by atoms with Crippen LogP contribution in [0.2, 0.25) is 0 Å². The second-order valence-electron chi connectivity index (χ2n) is 11.7. The summed E-state index contributed by atoms with van der Waals surface area (Å²) in [5.74, 6) is -0.452. The number of H-pyrrole nitrogens is 1. The van der Waals surface area contributed by atoms with Crippen LogP contribution in [0.5, 0.6) is 0 Å². The first-order chi connectivity index (χ1) is 21.6. The number of hydrogen-bond acceptors (Lipinski definition) is 7. The zero-order chi connectivity index (χ0) is 32.2. The van der Waals surface area contributed by atoms with Crippen LogP contribution in [0.4, 0.5) is 17.1 Å². The second kappa shape index (κ2) is 13.3. The topological polar surface area (TPSA) is 149 Å². The lowest BCUT2D eigenvalue weighted by atomic mass is 9.93. The number of nitrogens with zero attached hydrogens (tertiary/aromatic N) is 3. The second-order valence-corrected chi connectivity index (χ2v) is 11.7. The van der Waals surface area contributed by atoms with Gasteiger partial charge >= 0.3 is 0 Å². The molecule has 4 aromatic rings. The molecule has 0 bridgehead atoms. The van der Waals surface area contributed by atoms with E-state index in [1.807, 2.05) is 32.0 Å². The van der Waals surface area contributed by atoms with Crippen LogP contribution in [0.25, 0.3) is 10.8 Å². The quantitative estimate of drug-likeness (QED) is 0.165. The summed E-state index contributed by atoms with van der Waals surface area (Å²) in [4.78, 5) is 56.6. The number of nitro benzene ring substituents is 1. The lowest BCUT2D eigenvalue weighted by Gasteiger charge is -2.31. The number of piperidine rings is 1. The van der Waals surface area contributed by atoms with Gasteiger partial charge in [-0.25, -0.2) is 0 Å². The number of fused-ring (bicyclic) bond motifs is 1. The molecule has 11 heteroatoms. The van der Waals surface area contributed by atoms with Gasteiger partial charge in [-0.05, 0) is 66.1 Å². The van der Waals surface area contributed by atoms with Crippen molar-refractivity contribution in [2.24, 2.45) is 0 Å². The monoisotopic (exact) mass is 611 g/mol. The maximum absolute atomic E-state index is 14.3. The fraction of sp³-hybridized carbons (Fsp3) is 0.324. The zero-order valence-electron chi connectivity index (χ0n) is 25.6. The van der Waals surface area contributed by atoms with Gasteiger partial charge in [-0.2, -0.15) is 0 Å². The molecule has 3 N–H and O–H groups in total. The van der Waals surface area contributed by atoms with E-state index in [-0.39, 0.29) is 42.1 Å². The molecule has 0 saturated carbocycles. The number of likely N-dealkylation sites (N-methyl/N-ethyl adjacent to an activating group) is 1. The van der Waals surface area contributed by atoms with Crippen LogP contribution in [0, 0.1) is 17.0 Å². The number of aromatic nitrogens is 1. The smallest absolute Gasteiger partial charge is 0.269 e. The van der Waals surface area contributed by atoms with Crippen molar-refractivity contribution in [3.8, 4) is 0 Å². The van der Waals surface area contributed by atoms with E-state index in [4.69, 9.17) is 0 Å². The first-order valence-electron chi connectivity index (χ1n) is 15.0. The van der Waals surface area contributed by atoms with E-state index in [1.165, 1.54) is 17.0 Å². The van der Waals surface area contributed by atoms with Gasteiger partial charge in [0.25, 0.3) is 11.2 Å². The van der Waals surface area contributed by atoms with Crippen molar-refractivity contribution in [3.05, 3.63) is 110 Å². The van der Waals surface area contributed by atoms with Crippen LogP contribution in [0.3, 0.4) is 0 Å². The number of anilines is 2. The van der Waals surface area contributed by atoms with Gasteiger partial charge in [0.15, 0.2) is 0 Å². The van der Waals surface area contributed by atoms with Crippen LogP contribution in [0.15, 0.2) is 71.7 Å². The third kappa shape index (κ3) is 6.73. The number of pyridine rings is 1. The molecule has 2 unspecified atom stereocenters. The number of aromatic amines is 1. The predicted molar refractivity (Wildman–Crippen MR) is 173 cm³/mol. The SMILES string of the molecule is Cc1cc(C(Nc2ccc3cc[nH]c(=O)c3c2)C(=O)N(C)Cc2cc([N+](=O)[O-])ccc2N2CCCCC2=O)ccc1C(C)CO. The number of rotatable bonds is 10. The Balaban J connectivity index is 1.52. The average molecular weight is 612 g/mol. The molecular formula is C34H37N5O6. The molecule has 45 heavy (non-hydrogen) atoms. The Hall–Kier alpha value is -5.03. The summed E-state index contributed by atoms with van der Waals surface area (Å²) in [6, 6.07) is 16.3. The minimum Gasteiger partial charge on any atom is -0.396 e. The fourth-order valence-electron chi connectivity index (χ4n) is 5.95. The first kappa shape index (κ1) is 31.4. The van der Waals surface area contributed by atoms with Crippen LogP contribution < -0.4 is 15.8 Å². The van der Waals surface area contributed by atoms with E-state index in [0.29, 0.717) is 40.9 Å². The van der Waals surface area contributed by atoms with E-state index in [0.717, 1.165) is 29.4 Å². The molecule has 2 heterocycles. The standard InChI is InChI=1S/C34H37N5O6/c1-21-16-24(8-11-28(21)22(2)20-40)32(36-26-9-7-23-13-14-35-33(42)29(23)18-26)34(43)37(3)19-25-17-27(39(44)45)10-12-30(25)38-15-5-4-6-31(38)41/h7-14,16-18,22,32,36,40H,4-6,15,19-20H2,1-3H3,(H,35,42). The number of amides is 2. The molecule has 5 rings (SSSR count). The van der Waals surface area contributed by atoms with Gasteiger partial charge in [0, 0.05) is 79.7 Å².